The van der Waals surface area contributed by atoms with Gasteiger partial charge in [-0.25, -0.2) is 8.42 Å². The topological polar surface area (TPSA) is 63.4 Å². The molecule has 0 fully saturated rings. The average molecular weight is 270 g/mol. The second-order valence-corrected chi connectivity index (χ2v) is 6.56. The Morgan fingerprint density at radius 3 is 2.28 bits per heavy atom. The molecule has 0 spiro atoms. The van der Waals surface area contributed by atoms with Crippen molar-refractivity contribution >= 4 is 15.7 Å². The molecule has 2 N–H and O–H groups in total. The maximum atomic E-state index is 12.6. The summed E-state index contributed by atoms with van der Waals surface area (Å²) in [5, 5.41) is 0. The van der Waals surface area contributed by atoms with Crippen LogP contribution in [0.5, 0.6) is 0 Å². The van der Waals surface area contributed by atoms with Crippen molar-refractivity contribution in [3.05, 3.63) is 23.3 Å². The molecular formula is C13H22N2O2S. The predicted molar refractivity (Wildman–Crippen MR) is 75.0 cm³/mol. The zero-order valence-electron chi connectivity index (χ0n) is 11.7. The summed E-state index contributed by atoms with van der Waals surface area (Å²) in [6.07, 6.45) is 0. The first-order valence-corrected chi connectivity index (χ1v) is 7.55. The number of nitrogen functional groups attached to an aromatic ring is 1. The smallest absolute Gasteiger partial charge is 0.245 e. The van der Waals surface area contributed by atoms with Crippen LogP contribution in [0.15, 0.2) is 17.0 Å². The maximum Gasteiger partial charge on any atom is 0.245 e. The molecule has 0 aliphatic carbocycles. The van der Waals surface area contributed by atoms with Crippen molar-refractivity contribution in [3.63, 3.8) is 0 Å². The van der Waals surface area contributed by atoms with Crippen molar-refractivity contribution in [2.75, 3.05) is 12.3 Å². The van der Waals surface area contributed by atoms with Crippen LogP contribution in [0.4, 0.5) is 5.69 Å². The van der Waals surface area contributed by atoms with Crippen molar-refractivity contribution in [2.45, 2.75) is 45.6 Å². The Hall–Kier alpha value is -1.07. The molecule has 0 aliphatic heterocycles. The molecule has 0 amide bonds. The van der Waals surface area contributed by atoms with E-state index in [9.17, 15) is 8.42 Å². The summed E-state index contributed by atoms with van der Waals surface area (Å²) in [6.45, 7) is 9.68. The summed E-state index contributed by atoms with van der Waals surface area (Å²) < 4.78 is 26.8. The number of rotatable bonds is 4. The van der Waals surface area contributed by atoms with E-state index in [1.807, 2.05) is 33.8 Å². The normalized spacial score (nSPS) is 12.4. The molecule has 0 atom stereocenters. The van der Waals surface area contributed by atoms with Gasteiger partial charge in [0.25, 0.3) is 0 Å². The summed E-state index contributed by atoms with van der Waals surface area (Å²) in [7, 11) is -3.53. The average Bonchev–Trinajstić information content (AvgIpc) is 2.23. The van der Waals surface area contributed by atoms with E-state index < -0.39 is 10.0 Å². The van der Waals surface area contributed by atoms with Crippen LogP contribution in [0.1, 0.15) is 31.9 Å². The van der Waals surface area contributed by atoms with Gasteiger partial charge in [-0.15, -0.1) is 0 Å². The molecule has 0 heterocycles. The van der Waals surface area contributed by atoms with Gasteiger partial charge in [0.1, 0.15) is 4.90 Å². The van der Waals surface area contributed by atoms with E-state index in [1.165, 1.54) is 4.31 Å². The Balaban J connectivity index is 3.51. The number of hydrogen-bond donors (Lipinski definition) is 1. The van der Waals surface area contributed by atoms with Crippen LogP contribution in [0.25, 0.3) is 0 Å². The van der Waals surface area contributed by atoms with Crippen LogP contribution in [0.2, 0.25) is 0 Å². The molecule has 0 saturated carbocycles. The fraction of sp³-hybridized carbons (Fsp3) is 0.538. The molecule has 1 aromatic rings. The lowest BCUT2D eigenvalue weighted by Gasteiger charge is -2.26. The standard InChI is InChI=1S/C13H22N2O2S/c1-6-15(9(2)3)18(16,17)13-11(5)10(4)7-8-12(13)14/h7-9H,6,14H2,1-5H3. The maximum absolute atomic E-state index is 12.6. The van der Waals surface area contributed by atoms with Gasteiger partial charge < -0.3 is 5.73 Å². The number of sulfonamides is 1. The Kier molecular flexibility index (Phi) is 4.40. The third kappa shape index (κ3) is 2.52. The monoisotopic (exact) mass is 270 g/mol. The fourth-order valence-corrected chi connectivity index (χ4v) is 4.13. The quantitative estimate of drug-likeness (QED) is 0.854. The Morgan fingerprint density at radius 2 is 1.83 bits per heavy atom. The highest BCUT2D eigenvalue weighted by atomic mass is 32.2. The highest BCUT2D eigenvalue weighted by Gasteiger charge is 2.29. The number of nitrogens with two attached hydrogens (primary N) is 1. The van der Waals surface area contributed by atoms with Gasteiger partial charge in [0, 0.05) is 12.6 Å². The van der Waals surface area contributed by atoms with Gasteiger partial charge in [0.15, 0.2) is 0 Å². The minimum Gasteiger partial charge on any atom is -0.398 e. The molecule has 0 saturated heterocycles. The lowest BCUT2D eigenvalue weighted by Crippen LogP contribution is -2.37. The lowest BCUT2D eigenvalue weighted by molar-refractivity contribution is 0.369. The lowest BCUT2D eigenvalue weighted by atomic mass is 10.1. The molecule has 102 valence electrons. The molecule has 5 heteroatoms. The predicted octanol–water partition coefficient (Wildman–Crippen LogP) is 2.30. The molecule has 4 nitrogen and oxygen atoms in total. The summed E-state index contributed by atoms with van der Waals surface area (Å²) in [5.74, 6) is 0. The fourth-order valence-electron chi connectivity index (χ4n) is 2.08. The second kappa shape index (κ2) is 5.28. The van der Waals surface area contributed by atoms with Crippen LogP contribution in [0.3, 0.4) is 0 Å². The Morgan fingerprint density at radius 1 is 1.28 bits per heavy atom. The summed E-state index contributed by atoms with van der Waals surface area (Å²) >= 11 is 0. The van der Waals surface area contributed by atoms with E-state index in [1.54, 1.807) is 13.0 Å². The first kappa shape index (κ1) is 15.0. The van der Waals surface area contributed by atoms with Crippen molar-refractivity contribution < 1.29 is 8.42 Å². The highest BCUT2D eigenvalue weighted by Crippen LogP contribution is 2.29. The van der Waals surface area contributed by atoms with Gasteiger partial charge in [-0.05, 0) is 44.9 Å². The van der Waals surface area contributed by atoms with Crippen molar-refractivity contribution in [3.8, 4) is 0 Å². The Labute approximate surface area is 110 Å². The van der Waals surface area contributed by atoms with Crippen LogP contribution >= 0.6 is 0 Å². The molecule has 0 aliphatic rings. The van der Waals surface area contributed by atoms with Crippen LogP contribution < -0.4 is 5.73 Å². The number of nitrogens with zero attached hydrogens (tertiary/aromatic N) is 1. The van der Waals surface area contributed by atoms with Crippen molar-refractivity contribution in [1.82, 2.24) is 4.31 Å². The molecule has 1 aromatic carbocycles. The zero-order valence-corrected chi connectivity index (χ0v) is 12.5. The third-order valence-electron chi connectivity index (χ3n) is 3.16. The number of aryl methyl sites for hydroxylation is 1. The van der Waals surface area contributed by atoms with Gasteiger partial charge >= 0.3 is 0 Å². The van der Waals surface area contributed by atoms with Gasteiger partial charge in [-0.2, -0.15) is 4.31 Å². The molecule has 18 heavy (non-hydrogen) atoms. The second-order valence-electron chi connectivity index (χ2n) is 4.73. The van der Waals surface area contributed by atoms with Gasteiger partial charge in [0.2, 0.25) is 10.0 Å². The largest absolute Gasteiger partial charge is 0.398 e. The Bertz CT molecular complexity index is 536. The van der Waals surface area contributed by atoms with E-state index in [2.05, 4.69) is 0 Å². The first-order valence-electron chi connectivity index (χ1n) is 6.11. The minimum atomic E-state index is -3.53. The molecule has 0 aromatic heterocycles. The molecule has 1 rings (SSSR count). The van der Waals surface area contributed by atoms with Gasteiger partial charge in [-0.3, -0.25) is 0 Å². The van der Waals surface area contributed by atoms with Gasteiger partial charge in [0.05, 0.1) is 5.69 Å². The number of anilines is 1. The molecule has 0 unspecified atom stereocenters. The van der Waals surface area contributed by atoms with Crippen LogP contribution in [-0.4, -0.2) is 25.3 Å². The highest BCUT2D eigenvalue weighted by molar-refractivity contribution is 7.89. The third-order valence-corrected chi connectivity index (χ3v) is 5.52. The van der Waals surface area contributed by atoms with E-state index in [-0.39, 0.29) is 10.9 Å². The van der Waals surface area contributed by atoms with Crippen molar-refractivity contribution in [2.24, 2.45) is 0 Å². The summed E-state index contributed by atoms with van der Waals surface area (Å²) in [5.41, 5.74) is 7.84. The minimum absolute atomic E-state index is 0.0840. The first-order chi connectivity index (χ1) is 8.23. The molecule has 0 bridgehead atoms. The molecular weight excluding hydrogens is 248 g/mol. The van der Waals surface area contributed by atoms with E-state index in [0.717, 1.165) is 11.1 Å². The number of benzene rings is 1. The van der Waals surface area contributed by atoms with Gasteiger partial charge in [-0.1, -0.05) is 13.0 Å². The summed E-state index contributed by atoms with van der Waals surface area (Å²) in [6, 6.07) is 3.41. The van der Waals surface area contributed by atoms with E-state index >= 15 is 0 Å². The summed E-state index contributed by atoms with van der Waals surface area (Å²) in [4.78, 5) is 0.248. The van der Waals surface area contributed by atoms with Crippen LogP contribution in [-0.2, 0) is 10.0 Å². The van der Waals surface area contributed by atoms with E-state index in [0.29, 0.717) is 12.2 Å². The van der Waals surface area contributed by atoms with E-state index in [4.69, 9.17) is 5.73 Å². The zero-order chi connectivity index (χ0) is 14.1. The SMILES string of the molecule is CCN(C(C)C)S(=O)(=O)c1c(N)ccc(C)c1C. The van der Waals surface area contributed by atoms with Crippen LogP contribution in [0, 0.1) is 13.8 Å². The molecule has 0 radical (unpaired) electrons. The number of hydrogen-bond acceptors (Lipinski definition) is 3. The van der Waals surface area contributed by atoms with Crippen molar-refractivity contribution in [1.29, 1.82) is 0 Å².